The highest BCUT2D eigenvalue weighted by atomic mass is 35.5. The van der Waals surface area contributed by atoms with Crippen molar-refractivity contribution in [1.29, 1.82) is 0 Å². The van der Waals surface area contributed by atoms with Crippen LogP contribution in [0.3, 0.4) is 0 Å². The summed E-state index contributed by atoms with van der Waals surface area (Å²) in [5.41, 5.74) is 0.506. The molecule has 1 aromatic carbocycles. The van der Waals surface area contributed by atoms with Crippen LogP contribution in [0.25, 0.3) is 0 Å². The molecule has 0 amide bonds. The van der Waals surface area contributed by atoms with Gasteiger partial charge in [-0.1, -0.05) is 18.5 Å². The van der Waals surface area contributed by atoms with E-state index in [0.717, 1.165) is 0 Å². The molecule has 1 nitrogen and oxygen atoms in total. The van der Waals surface area contributed by atoms with E-state index >= 15 is 0 Å². The zero-order chi connectivity index (χ0) is 10.6. The average molecular weight is 220 g/mol. The number of nitrogens with one attached hydrogen (secondary N) is 1. The second-order valence-corrected chi connectivity index (χ2v) is 3.48. The molecule has 0 aliphatic heterocycles. The number of halogens is 3. The van der Waals surface area contributed by atoms with E-state index in [-0.39, 0.29) is 6.54 Å². The third-order valence-corrected chi connectivity index (χ3v) is 2.05. The number of hydrogen-bond donors (Lipinski definition) is 1. The van der Waals surface area contributed by atoms with Crippen molar-refractivity contribution < 1.29 is 8.78 Å². The fourth-order valence-electron chi connectivity index (χ4n) is 1.03. The van der Waals surface area contributed by atoms with Gasteiger partial charge in [0, 0.05) is 17.3 Å². The van der Waals surface area contributed by atoms with Gasteiger partial charge in [0.05, 0.1) is 0 Å². The SMILES string of the molecule is CCC(F)CNc1cc(F)cc(Cl)c1. The van der Waals surface area contributed by atoms with E-state index in [1.807, 2.05) is 0 Å². The second kappa shape index (κ2) is 5.15. The molecule has 0 fully saturated rings. The molecule has 0 aromatic heterocycles. The van der Waals surface area contributed by atoms with Crippen molar-refractivity contribution in [3.05, 3.63) is 29.0 Å². The van der Waals surface area contributed by atoms with Crippen LogP contribution >= 0.6 is 11.6 Å². The highest BCUT2D eigenvalue weighted by molar-refractivity contribution is 6.30. The van der Waals surface area contributed by atoms with Gasteiger partial charge < -0.3 is 5.32 Å². The molecule has 1 N–H and O–H groups in total. The molecule has 0 saturated carbocycles. The molecule has 0 aliphatic carbocycles. The Bertz CT molecular complexity index is 284. The number of hydrogen-bond acceptors (Lipinski definition) is 1. The highest BCUT2D eigenvalue weighted by Gasteiger charge is 2.03. The van der Waals surface area contributed by atoms with Crippen molar-refractivity contribution in [2.45, 2.75) is 19.5 Å². The number of benzene rings is 1. The van der Waals surface area contributed by atoms with E-state index < -0.39 is 12.0 Å². The summed E-state index contributed by atoms with van der Waals surface area (Å²) in [4.78, 5) is 0. The molecule has 0 saturated heterocycles. The Hall–Kier alpha value is -0.830. The molecular formula is C10H12ClF2N. The zero-order valence-electron chi connectivity index (χ0n) is 7.86. The molecular weight excluding hydrogens is 208 g/mol. The summed E-state index contributed by atoms with van der Waals surface area (Å²) in [5, 5.41) is 3.08. The quantitative estimate of drug-likeness (QED) is 0.815. The molecule has 0 bridgehead atoms. The fraction of sp³-hybridized carbons (Fsp3) is 0.400. The van der Waals surface area contributed by atoms with Crippen LogP contribution in [-0.4, -0.2) is 12.7 Å². The van der Waals surface area contributed by atoms with Crippen LogP contribution in [0.4, 0.5) is 14.5 Å². The molecule has 0 radical (unpaired) electrons. The van der Waals surface area contributed by atoms with Gasteiger partial charge in [-0.3, -0.25) is 0 Å². The van der Waals surface area contributed by atoms with Crippen molar-refractivity contribution in [3.63, 3.8) is 0 Å². The van der Waals surface area contributed by atoms with E-state index in [0.29, 0.717) is 17.1 Å². The third kappa shape index (κ3) is 3.50. The fourth-order valence-corrected chi connectivity index (χ4v) is 1.25. The van der Waals surface area contributed by atoms with Crippen LogP contribution in [0.2, 0.25) is 5.02 Å². The molecule has 0 aliphatic rings. The van der Waals surface area contributed by atoms with Gasteiger partial charge >= 0.3 is 0 Å². The van der Waals surface area contributed by atoms with Crippen LogP contribution in [0.5, 0.6) is 0 Å². The standard InChI is InChI=1S/C10H12ClF2N/c1-2-8(12)6-14-10-4-7(11)3-9(13)5-10/h3-5,8,14H,2,6H2,1H3. The number of alkyl halides is 1. The maximum Gasteiger partial charge on any atom is 0.126 e. The van der Waals surface area contributed by atoms with Crippen molar-refractivity contribution in [1.82, 2.24) is 0 Å². The van der Waals surface area contributed by atoms with Crippen LogP contribution in [-0.2, 0) is 0 Å². The number of rotatable bonds is 4. The van der Waals surface area contributed by atoms with Crippen molar-refractivity contribution in [3.8, 4) is 0 Å². The van der Waals surface area contributed by atoms with Crippen molar-refractivity contribution in [2.24, 2.45) is 0 Å². The van der Waals surface area contributed by atoms with Gasteiger partial charge in [0.2, 0.25) is 0 Å². The molecule has 1 atom stereocenters. The first-order chi connectivity index (χ1) is 6.61. The predicted octanol–water partition coefficient (Wildman–Crippen LogP) is 3.64. The highest BCUT2D eigenvalue weighted by Crippen LogP contribution is 2.18. The Morgan fingerprint density at radius 2 is 2.14 bits per heavy atom. The molecule has 78 valence electrons. The van der Waals surface area contributed by atoms with Crippen LogP contribution in [0.1, 0.15) is 13.3 Å². The zero-order valence-corrected chi connectivity index (χ0v) is 8.61. The van der Waals surface area contributed by atoms with Gasteiger partial charge in [0.1, 0.15) is 12.0 Å². The smallest absolute Gasteiger partial charge is 0.126 e. The lowest BCUT2D eigenvalue weighted by atomic mass is 10.2. The van der Waals surface area contributed by atoms with E-state index in [4.69, 9.17) is 11.6 Å². The minimum Gasteiger partial charge on any atom is -0.382 e. The first-order valence-electron chi connectivity index (χ1n) is 4.46. The molecule has 1 unspecified atom stereocenters. The Kier molecular flexibility index (Phi) is 4.14. The third-order valence-electron chi connectivity index (χ3n) is 1.83. The Labute approximate surface area is 87.1 Å². The molecule has 0 spiro atoms. The van der Waals surface area contributed by atoms with Gasteiger partial charge in [-0.25, -0.2) is 8.78 Å². The monoisotopic (exact) mass is 219 g/mol. The largest absolute Gasteiger partial charge is 0.382 e. The van der Waals surface area contributed by atoms with Crippen molar-refractivity contribution in [2.75, 3.05) is 11.9 Å². The van der Waals surface area contributed by atoms with Crippen LogP contribution < -0.4 is 5.32 Å². The summed E-state index contributed by atoms with van der Waals surface area (Å²) in [6.07, 6.45) is -0.479. The Morgan fingerprint density at radius 3 is 2.71 bits per heavy atom. The Morgan fingerprint density at radius 1 is 1.43 bits per heavy atom. The lowest BCUT2D eigenvalue weighted by molar-refractivity contribution is 0.340. The summed E-state index contributed by atoms with van der Waals surface area (Å²) in [7, 11) is 0. The average Bonchev–Trinajstić information content (AvgIpc) is 2.12. The van der Waals surface area contributed by atoms with Crippen LogP contribution in [0.15, 0.2) is 18.2 Å². The molecule has 1 rings (SSSR count). The summed E-state index contributed by atoms with van der Waals surface area (Å²) < 4.78 is 25.6. The van der Waals surface area contributed by atoms with Gasteiger partial charge in [-0.15, -0.1) is 0 Å². The van der Waals surface area contributed by atoms with E-state index in [1.54, 1.807) is 13.0 Å². The van der Waals surface area contributed by atoms with E-state index in [9.17, 15) is 8.78 Å². The molecule has 4 heteroatoms. The Balaban J connectivity index is 2.58. The molecule has 1 aromatic rings. The van der Waals surface area contributed by atoms with Crippen LogP contribution in [0, 0.1) is 5.82 Å². The summed E-state index contributed by atoms with van der Waals surface area (Å²) in [6.45, 7) is 1.93. The van der Waals surface area contributed by atoms with Gasteiger partial charge in [-0.2, -0.15) is 0 Å². The van der Waals surface area contributed by atoms with Gasteiger partial charge in [-0.05, 0) is 24.6 Å². The van der Waals surface area contributed by atoms with Gasteiger partial charge in [0.15, 0.2) is 0 Å². The van der Waals surface area contributed by atoms with E-state index in [1.165, 1.54) is 12.1 Å². The minimum absolute atomic E-state index is 0.177. The molecule has 0 heterocycles. The van der Waals surface area contributed by atoms with Gasteiger partial charge in [0.25, 0.3) is 0 Å². The maximum absolute atomic E-state index is 12.8. The maximum atomic E-state index is 12.8. The lowest BCUT2D eigenvalue weighted by Crippen LogP contribution is -2.14. The van der Waals surface area contributed by atoms with E-state index in [2.05, 4.69) is 5.32 Å². The topological polar surface area (TPSA) is 12.0 Å². The minimum atomic E-state index is -0.919. The summed E-state index contributed by atoms with van der Waals surface area (Å²) in [5.74, 6) is -0.424. The second-order valence-electron chi connectivity index (χ2n) is 3.04. The lowest BCUT2D eigenvalue weighted by Gasteiger charge is -2.09. The first kappa shape index (κ1) is 11.2. The summed E-state index contributed by atoms with van der Waals surface area (Å²) >= 11 is 5.63. The normalized spacial score (nSPS) is 12.6. The molecule has 14 heavy (non-hydrogen) atoms. The van der Waals surface area contributed by atoms with Crippen molar-refractivity contribution >= 4 is 17.3 Å². The first-order valence-corrected chi connectivity index (χ1v) is 4.83. The summed E-state index contributed by atoms with van der Waals surface area (Å²) in [6, 6.07) is 4.06. The number of anilines is 1. The predicted molar refractivity (Wildman–Crippen MR) is 55.1 cm³/mol.